The van der Waals surface area contributed by atoms with Crippen molar-refractivity contribution in [3.8, 4) is 11.4 Å². The van der Waals surface area contributed by atoms with Gasteiger partial charge in [0.1, 0.15) is 10.0 Å². The number of morpholine rings is 2. The Kier molecular flexibility index (Phi) is 12.1. The maximum absolute atomic E-state index is 14.8. The largest absolute Gasteiger partial charge is 0.378 e. The Morgan fingerprint density at radius 3 is 2.05 bits per heavy atom. The van der Waals surface area contributed by atoms with Crippen molar-refractivity contribution in [2.45, 2.75) is 32.1 Å². The van der Waals surface area contributed by atoms with Crippen molar-refractivity contribution < 1.29 is 14.3 Å². The maximum atomic E-state index is 14.8. The molecule has 3 aliphatic heterocycles. The zero-order valence-corrected chi connectivity index (χ0v) is 38.4. The normalized spacial score (nSPS) is 16.2. The van der Waals surface area contributed by atoms with E-state index in [1.54, 1.807) is 38.0 Å². The van der Waals surface area contributed by atoms with Gasteiger partial charge in [-0.1, -0.05) is 37.0 Å². The van der Waals surface area contributed by atoms with Gasteiger partial charge < -0.3 is 29.9 Å². The first-order valence-electron chi connectivity index (χ1n) is 21.6. The number of carbonyl (C=O) groups excluding carboxylic acids is 1. The summed E-state index contributed by atoms with van der Waals surface area (Å²) in [6.45, 7) is 9.88. The minimum Gasteiger partial charge on any atom is -0.378 e. The van der Waals surface area contributed by atoms with Crippen molar-refractivity contribution in [1.82, 2.24) is 39.5 Å². The highest BCUT2D eigenvalue weighted by atomic mass is 35.5. The second-order valence-electron chi connectivity index (χ2n) is 16.6. The molecule has 0 aliphatic carbocycles. The summed E-state index contributed by atoms with van der Waals surface area (Å²) in [5.41, 5.74) is 6.57. The molecule has 17 nitrogen and oxygen atoms in total. The highest BCUT2D eigenvalue weighted by molar-refractivity contribution is 6.34. The smallest absolute Gasteiger partial charge is 0.246 e. The van der Waals surface area contributed by atoms with Crippen LogP contribution in [0.1, 0.15) is 32.3 Å². The number of ether oxygens (including phenoxy) is 2. The van der Waals surface area contributed by atoms with Crippen LogP contribution in [0.15, 0.2) is 104 Å². The standard InChI is InChI=1S/C46H45Cl3N14O3/c1-46(2)12-11-41(64)62(63(43-35(48)29-50-44(49)57-43)38-10-7-32(59-19-23-66-24-20-59)27-40(38)61-16-4-14-53-61)37-9-5-30(25-33(37)46)54-45-51-28-34(47)42(56-45)55-36-8-6-31(58-17-21-65-22-18-58)26-39(36)60-15-3-13-52-60/h3-10,13-16,25-29H,11-12,17-24H2,1-2H3,(H2,51,54,55,56). The Morgan fingerprint density at radius 2 is 1.36 bits per heavy atom. The van der Waals surface area contributed by atoms with Crippen molar-refractivity contribution in [1.29, 1.82) is 0 Å². The van der Waals surface area contributed by atoms with Crippen molar-refractivity contribution in [2.75, 3.05) is 83.1 Å². The highest BCUT2D eigenvalue weighted by Gasteiger charge is 2.39. The van der Waals surface area contributed by atoms with Crippen LogP contribution in [0.2, 0.25) is 15.3 Å². The van der Waals surface area contributed by atoms with Crippen LogP contribution in [0.3, 0.4) is 0 Å². The van der Waals surface area contributed by atoms with E-state index in [1.807, 2.05) is 67.0 Å². The van der Waals surface area contributed by atoms with Crippen LogP contribution in [-0.4, -0.2) is 98.0 Å². The van der Waals surface area contributed by atoms with E-state index >= 15 is 0 Å². The molecule has 4 aromatic heterocycles. The lowest BCUT2D eigenvalue weighted by atomic mass is 9.80. The van der Waals surface area contributed by atoms with Gasteiger partial charge in [-0.3, -0.25) is 4.79 Å². The summed E-state index contributed by atoms with van der Waals surface area (Å²) in [5, 5.41) is 19.8. The third-order valence-electron chi connectivity index (χ3n) is 11.9. The summed E-state index contributed by atoms with van der Waals surface area (Å²) in [7, 11) is 0. The maximum Gasteiger partial charge on any atom is 0.246 e. The molecule has 0 spiro atoms. The van der Waals surface area contributed by atoms with Crippen LogP contribution >= 0.6 is 34.8 Å². The van der Waals surface area contributed by atoms with E-state index in [1.165, 1.54) is 6.20 Å². The molecule has 66 heavy (non-hydrogen) atoms. The molecule has 7 heterocycles. The van der Waals surface area contributed by atoms with E-state index in [4.69, 9.17) is 49.3 Å². The summed E-state index contributed by atoms with van der Waals surface area (Å²) in [6.07, 6.45) is 10.9. The molecule has 0 bridgehead atoms. The zero-order valence-electron chi connectivity index (χ0n) is 36.1. The molecule has 2 saturated heterocycles. The predicted octanol–water partition coefficient (Wildman–Crippen LogP) is 8.92. The number of hydrazine groups is 1. The van der Waals surface area contributed by atoms with Gasteiger partial charge >= 0.3 is 0 Å². The molecule has 1 amide bonds. The second kappa shape index (κ2) is 18.4. The Bertz CT molecular complexity index is 2870. The van der Waals surface area contributed by atoms with Gasteiger partial charge in [-0.15, -0.1) is 0 Å². The van der Waals surface area contributed by atoms with Gasteiger partial charge in [-0.05, 0) is 95.7 Å². The molecule has 3 aromatic carbocycles. The number of benzene rings is 3. The third-order valence-corrected chi connectivity index (χ3v) is 12.7. The Hall–Kier alpha value is -6.50. The number of aromatic nitrogens is 8. The zero-order chi connectivity index (χ0) is 45.4. The molecule has 20 heteroatoms. The summed E-state index contributed by atoms with van der Waals surface area (Å²) in [5.74, 6) is 0.741. The first kappa shape index (κ1) is 43.4. The molecule has 0 atom stereocenters. The fraction of sp³-hybridized carbons (Fsp3) is 0.283. The average Bonchev–Trinajstić information content (AvgIpc) is 4.08. The predicted molar refractivity (Wildman–Crippen MR) is 257 cm³/mol. The quantitative estimate of drug-likeness (QED) is 0.118. The van der Waals surface area contributed by atoms with Gasteiger partial charge in [0.05, 0.1) is 67.3 Å². The molecule has 3 aliphatic rings. The van der Waals surface area contributed by atoms with E-state index in [2.05, 4.69) is 71.6 Å². The molecule has 0 radical (unpaired) electrons. The minimum absolute atomic E-state index is 0.0354. The lowest BCUT2D eigenvalue weighted by Crippen LogP contribution is -2.45. The lowest BCUT2D eigenvalue weighted by molar-refractivity contribution is -0.118. The first-order valence-corrected chi connectivity index (χ1v) is 22.7. The topological polar surface area (TPSA) is 160 Å². The van der Waals surface area contributed by atoms with Crippen LogP contribution in [0, 0.1) is 0 Å². The Morgan fingerprint density at radius 1 is 0.712 bits per heavy atom. The Labute approximate surface area is 395 Å². The minimum atomic E-state index is -0.481. The van der Waals surface area contributed by atoms with Crippen LogP contribution in [-0.2, 0) is 19.7 Å². The monoisotopic (exact) mass is 946 g/mol. The van der Waals surface area contributed by atoms with Crippen LogP contribution in [0.5, 0.6) is 0 Å². The number of halogens is 3. The number of rotatable bonds is 11. The van der Waals surface area contributed by atoms with Gasteiger partial charge in [-0.2, -0.15) is 20.2 Å². The third kappa shape index (κ3) is 8.79. The summed E-state index contributed by atoms with van der Waals surface area (Å²) in [6, 6.07) is 21.7. The summed E-state index contributed by atoms with van der Waals surface area (Å²) < 4.78 is 14.8. The number of anilines is 9. The molecular formula is C46H45Cl3N14O3. The van der Waals surface area contributed by atoms with Crippen molar-refractivity contribution in [2.24, 2.45) is 0 Å². The molecule has 2 fully saturated rings. The SMILES string of the molecule is CC1(C)CCC(=O)N(N(c2ccc(N3CCOCC3)cc2-n2cccn2)c2nc(Cl)ncc2Cl)c2ccc(Nc3ncc(Cl)c(Nc4ccc(N5CCOCC5)cc4-n4cccn4)n3)cc21. The molecule has 7 aromatic rings. The lowest BCUT2D eigenvalue weighted by Gasteiger charge is -2.38. The number of hydrogen-bond acceptors (Lipinski definition) is 14. The molecule has 2 N–H and O–H groups in total. The molecule has 0 unspecified atom stereocenters. The average molecular weight is 948 g/mol. The van der Waals surface area contributed by atoms with E-state index in [0.717, 1.165) is 54.5 Å². The van der Waals surface area contributed by atoms with Gasteiger partial charge in [0.2, 0.25) is 17.1 Å². The second-order valence-corrected chi connectivity index (χ2v) is 17.7. The number of fused-ring (bicyclic) bond motifs is 1. The van der Waals surface area contributed by atoms with Crippen LogP contribution in [0.4, 0.5) is 51.7 Å². The van der Waals surface area contributed by atoms with Gasteiger partial charge in [0, 0.05) is 74.4 Å². The fourth-order valence-corrected chi connectivity index (χ4v) is 8.92. The number of nitrogens with zero attached hydrogens (tertiary/aromatic N) is 12. The summed E-state index contributed by atoms with van der Waals surface area (Å²) in [4.78, 5) is 37.5. The summed E-state index contributed by atoms with van der Waals surface area (Å²) >= 11 is 20.2. The van der Waals surface area contributed by atoms with Gasteiger partial charge in [-0.25, -0.2) is 29.3 Å². The molecule has 338 valence electrons. The Balaban J connectivity index is 1.02. The van der Waals surface area contributed by atoms with Crippen molar-refractivity contribution in [3.63, 3.8) is 0 Å². The van der Waals surface area contributed by atoms with E-state index in [-0.39, 0.29) is 28.5 Å². The van der Waals surface area contributed by atoms with Crippen molar-refractivity contribution >= 4 is 92.4 Å². The van der Waals surface area contributed by atoms with Crippen molar-refractivity contribution in [3.05, 3.63) is 125 Å². The first-order chi connectivity index (χ1) is 32.1. The fourth-order valence-electron chi connectivity index (χ4n) is 8.48. The van der Waals surface area contributed by atoms with E-state index in [9.17, 15) is 4.79 Å². The van der Waals surface area contributed by atoms with Gasteiger partial charge in [0.25, 0.3) is 0 Å². The van der Waals surface area contributed by atoms with E-state index in [0.29, 0.717) is 72.4 Å². The van der Waals surface area contributed by atoms with Crippen LogP contribution < -0.4 is 30.5 Å². The number of nitrogens with one attached hydrogen (secondary N) is 2. The van der Waals surface area contributed by atoms with E-state index < -0.39 is 5.41 Å². The molecule has 0 saturated carbocycles. The van der Waals surface area contributed by atoms with Crippen LogP contribution in [0.25, 0.3) is 11.4 Å². The molecular weight excluding hydrogens is 903 g/mol. The number of amides is 1. The molecule has 10 rings (SSSR count). The number of hydrogen-bond donors (Lipinski definition) is 2. The number of carbonyl (C=O) groups is 1. The highest BCUT2D eigenvalue weighted by Crippen LogP contribution is 2.46. The van der Waals surface area contributed by atoms with Gasteiger partial charge in [0.15, 0.2) is 11.6 Å².